The van der Waals surface area contributed by atoms with Crippen molar-refractivity contribution in [3.05, 3.63) is 171 Å². The second-order valence-electron chi connectivity index (χ2n) is 28.2. The zero-order valence-corrected chi connectivity index (χ0v) is 62.9. The van der Waals surface area contributed by atoms with Crippen LogP contribution >= 0.6 is 0 Å². The zero-order valence-electron chi connectivity index (χ0n) is 62.9. The minimum Gasteiger partial charge on any atom is -0.396 e. The Kier molecular flexibility index (Phi) is 26.9. The largest absolute Gasteiger partial charge is 0.396 e. The number of aromatic amines is 5. The zero-order chi connectivity index (χ0) is 78.4. The number of hydrogen-bond donors (Lipinski definition) is 14. The Hall–Kier alpha value is -11.2. The number of amides is 2. The molecule has 108 heavy (non-hydrogen) atoms. The van der Waals surface area contributed by atoms with Gasteiger partial charge in [0, 0.05) is 93.7 Å². The lowest BCUT2D eigenvalue weighted by atomic mass is 9.86. The molecule has 0 aliphatic carbocycles. The summed E-state index contributed by atoms with van der Waals surface area (Å²) in [5.41, 5.74) is 33.1. The van der Waals surface area contributed by atoms with Crippen LogP contribution in [0.4, 0.5) is 35.2 Å². The van der Waals surface area contributed by atoms with Crippen LogP contribution in [0.3, 0.4) is 0 Å². The average Bonchev–Trinajstić information content (AvgIpc) is 1.67. The van der Waals surface area contributed by atoms with Gasteiger partial charge in [-0.05, 0) is 130 Å². The van der Waals surface area contributed by atoms with Gasteiger partial charge in [-0.2, -0.15) is 9.97 Å². The third-order valence-electron chi connectivity index (χ3n) is 19.8. The summed E-state index contributed by atoms with van der Waals surface area (Å²) < 4.78 is 18.4. The number of imidazole rings is 1. The molecular weight excluding hydrogens is 1390 g/mol. The molecule has 7 atom stereocenters. The number of rotatable bonds is 16. The van der Waals surface area contributed by atoms with Gasteiger partial charge in [-0.25, -0.2) is 24.7 Å². The molecule has 0 radical (unpaired) electrons. The van der Waals surface area contributed by atoms with E-state index in [9.17, 15) is 44.1 Å². The number of H-pyrrole nitrogens is 5. The summed E-state index contributed by atoms with van der Waals surface area (Å²) in [5, 5.41) is 41.7. The fourth-order valence-electron chi connectivity index (χ4n) is 12.5. The highest BCUT2D eigenvalue weighted by molar-refractivity contribution is 6.05. The van der Waals surface area contributed by atoms with Crippen LogP contribution in [0.25, 0.3) is 33.2 Å². The molecule has 4 unspecified atom stereocenters. The van der Waals surface area contributed by atoms with Crippen molar-refractivity contribution >= 4 is 80.2 Å². The number of aliphatic hydroxyl groups is 3. The van der Waals surface area contributed by atoms with E-state index in [0.717, 1.165) is 79.1 Å². The Morgan fingerprint density at radius 1 is 0.630 bits per heavy atom. The molecule has 578 valence electrons. The van der Waals surface area contributed by atoms with E-state index >= 15 is 0 Å². The number of aliphatic hydroxyl groups excluding tert-OH is 3. The van der Waals surface area contributed by atoms with Crippen LogP contribution in [0.15, 0.2) is 102 Å². The van der Waals surface area contributed by atoms with E-state index in [1.807, 2.05) is 81.8 Å². The number of aryl methyl sites for hydroxylation is 7. The summed E-state index contributed by atoms with van der Waals surface area (Å²) in [6, 6.07) is 11.6. The van der Waals surface area contributed by atoms with E-state index in [4.69, 9.17) is 36.7 Å². The normalized spacial score (nSPS) is 18.4. The maximum atomic E-state index is 11.9. The van der Waals surface area contributed by atoms with Crippen LogP contribution in [0.2, 0.25) is 0 Å². The van der Waals surface area contributed by atoms with Gasteiger partial charge in [0.05, 0.1) is 37.0 Å². The van der Waals surface area contributed by atoms with Crippen LogP contribution in [0.5, 0.6) is 0 Å². The summed E-state index contributed by atoms with van der Waals surface area (Å²) in [7, 11) is 0. The number of likely N-dealkylation sites (tertiary alicyclic amines) is 2. The number of fused-ring (bicyclic) bond motifs is 3. The van der Waals surface area contributed by atoms with Crippen molar-refractivity contribution in [2.24, 2.45) is 23.2 Å². The summed E-state index contributed by atoms with van der Waals surface area (Å²) >= 11 is 0. The summed E-state index contributed by atoms with van der Waals surface area (Å²) in [6.45, 7) is 30.0. The first-order chi connectivity index (χ1) is 51.4. The third-order valence-corrected chi connectivity index (χ3v) is 19.8. The minimum absolute atomic E-state index is 0.0631. The molecule has 35 heteroatoms. The van der Waals surface area contributed by atoms with Gasteiger partial charge in [0.25, 0.3) is 28.5 Å². The molecule has 35 nitrogen and oxygen atoms in total. The topological polar surface area (TPSA) is 525 Å². The molecule has 14 rings (SSSR count). The van der Waals surface area contributed by atoms with E-state index in [1.54, 1.807) is 26.4 Å². The number of hydrogen-bond acceptors (Lipinski definition) is 26. The lowest BCUT2D eigenvalue weighted by Crippen LogP contribution is -2.28. The van der Waals surface area contributed by atoms with Gasteiger partial charge in [-0.3, -0.25) is 53.3 Å². The smallest absolute Gasteiger partial charge is 0.354 e. The Labute approximate surface area is 620 Å². The number of nitrogens with two attached hydrogens (primary N) is 4. The fraction of sp³-hybridized carbons (Fsp3) is 0.452. The van der Waals surface area contributed by atoms with Gasteiger partial charge in [-0.15, -0.1) is 0 Å². The maximum Gasteiger partial charge on any atom is 0.354 e. The van der Waals surface area contributed by atoms with Crippen molar-refractivity contribution in [2.45, 2.75) is 159 Å². The molecule has 2 amide bonds. The molecule has 3 aliphatic rings. The maximum absolute atomic E-state index is 11.9. The van der Waals surface area contributed by atoms with Gasteiger partial charge < -0.3 is 77.2 Å². The van der Waals surface area contributed by atoms with Crippen molar-refractivity contribution in [2.75, 3.05) is 66.4 Å². The SMILES string of the molecule is CC1CN(Cc2c[nH]c3c(=O)[nH]c(N)nc23)CC1CO.CCC(C)(C)CCn1cnc2c(=O)[nH]c(N)nc21.CCC1CN(Cc2c[nH]c3c(=O)[nH]c(N)nc23)CC1O.CC[C@H]1O[C@@H](n2cnc(N)nc2=O)C[C@@H]1O.Cc1ccc(NC(=O)c2cnoc2C)cc1C.Cc1ccc(NC(=O)c2cnoc2C)cc1C. The molecule has 2 aromatic carbocycles. The first kappa shape index (κ1) is 80.8. The van der Waals surface area contributed by atoms with Crippen LogP contribution in [-0.2, 0) is 24.4 Å². The molecule has 9 aromatic heterocycles. The van der Waals surface area contributed by atoms with Crippen molar-refractivity contribution < 1.29 is 38.7 Å². The van der Waals surface area contributed by atoms with Gasteiger partial charge in [0.2, 0.25) is 23.8 Å². The molecule has 18 N–H and O–H groups in total. The Morgan fingerprint density at radius 3 is 1.60 bits per heavy atom. The van der Waals surface area contributed by atoms with Crippen LogP contribution in [-0.4, -0.2) is 162 Å². The van der Waals surface area contributed by atoms with Crippen molar-refractivity contribution in [1.82, 2.24) is 84.1 Å². The van der Waals surface area contributed by atoms with Crippen LogP contribution in [0.1, 0.15) is 145 Å². The highest BCUT2D eigenvalue weighted by Crippen LogP contribution is 2.31. The number of ether oxygens (including phenoxy) is 1. The predicted molar refractivity (Wildman–Crippen MR) is 409 cm³/mol. The second-order valence-corrected chi connectivity index (χ2v) is 28.2. The Bertz CT molecular complexity index is 4920. The Morgan fingerprint density at radius 2 is 1.15 bits per heavy atom. The number of anilines is 6. The quantitative estimate of drug-likeness (QED) is 0.0494. The number of aromatic nitrogens is 15. The number of nitrogens with one attached hydrogen (secondary N) is 7. The molecule has 3 aliphatic heterocycles. The monoisotopic (exact) mass is 1490 g/mol. The van der Waals surface area contributed by atoms with Crippen molar-refractivity contribution in [1.29, 1.82) is 0 Å². The summed E-state index contributed by atoms with van der Waals surface area (Å²) in [4.78, 5) is 112. The molecule has 0 saturated carbocycles. The number of nitrogens with zero attached hydrogens (tertiary/aromatic N) is 12. The number of β-amino-alcohol motifs (C(OH)–C–C–N with tert-alkyl or cyclic N) is 1. The molecule has 0 bridgehead atoms. The first-order valence-electron chi connectivity index (χ1n) is 35.7. The van der Waals surface area contributed by atoms with Gasteiger partial charge in [-0.1, -0.05) is 70.4 Å². The van der Waals surface area contributed by atoms with Crippen molar-refractivity contribution in [3.8, 4) is 0 Å². The van der Waals surface area contributed by atoms with Crippen LogP contribution < -0.4 is 55.9 Å². The third kappa shape index (κ3) is 20.5. The van der Waals surface area contributed by atoms with E-state index in [0.29, 0.717) is 106 Å². The van der Waals surface area contributed by atoms with Gasteiger partial charge >= 0.3 is 5.69 Å². The minimum atomic E-state index is -0.556. The standard InChI is InChI=1S/2C13H19N5O2.2C13H14N2O2.C12H19N5O.C9H14N4O3/c1-7-3-18(5-9(7)6-19)4-8-2-15-11-10(8)16-13(14)17-12(11)20;1-2-7-4-18(6-9(7)19)5-8-3-15-11-10(8)16-13(14)17-12(11)20;2*1-8-4-5-11(6-9(8)2)15-13(16)12-7-14-17-10(12)3;1-4-12(2,3)5-6-17-7-14-8-9(17)15-11(13)16-10(8)18;1-2-6-5(14)3-7(16-6)13-4-11-8(10)12-9(13)15/h2,7,9,15,19H,3-6H2,1H3,(H3,14,16,17,20);3,7,9,15,19H,2,4-6H2,1H3,(H3,14,16,17,20);2*4-7H,1-3H3,(H,15,16);7H,4-6H2,1-3H3,(H3,13,15,16,18);4-7,14H,2-3H2,1H3,(H2,10,12,15)/t;;;;;5-,6+,7+/m.....0/s1. The highest BCUT2D eigenvalue weighted by atomic mass is 16.5. The number of nitrogen functional groups attached to an aromatic ring is 4. The van der Waals surface area contributed by atoms with E-state index in [2.05, 4.69) is 120 Å². The molecule has 3 fully saturated rings. The van der Waals surface area contributed by atoms with Gasteiger partial charge in [0.1, 0.15) is 57.3 Å². The van der Waals surface area contributed by atoms with Crippen molar-refractivity contribution in [3.63, 3.8) is 0 Å². The number of benzene rings is 2. The summed E-state index contributed by atoms with van der Waals surface area (Å²) in [5.74, 6) is 2.07. The first-order valence-corrected chi connectivity index (χ1v) is 35.7. The average molecular weight is 1490 g/mol. The molecule has 0 spiro atoms. The number of carbonyl (C=O) groups is 2. The van der Waals surface area contributed by atoms with Gasteiger partial charge in [0.15, 0.2) is 11.2 Å². The lowest BCUT2D eigenvalue weighted by Gasteiger charge is -2.22. The highest BCUT2D eigenvalue weighted by Gasteiger charge is 2.35. The predicted octanol–water partition coefficient (Wildman–Crippen LogP) is 6.44. The van der Waals surface area contributed by atoms with E-state index < -0.39 is 18.0 Å². The molecule has 11 aromatic rings. The molecular formula is C73H99N23O12. The fourth-order valence-corrected chi connectivity index (χ4v) is 12.5. The molecule has 12 heterocycles. The number of carbonyl (C=O) groups excluding carboxylic acids is 2. The van der Waals surface area contributed by atoms with E-state index in [-0.39, 0.29) is 76.5 Å². The van der Waals surface area contributed by atoms with E-state index in [1.165, 1.54) is 34.4 Å². The second kappa shape index (κ2) is 35.9. The lowest BCUT2D eigenvalue weighted by molar-refractivity contribution is -0.0221. The summed E-state index contributed by atoms with van der Waals surface area (Å²) in [6.07, 6.45) is 12.0. The van der Waals surface area contributed by atoms with Crippen LogP contribution in [0, 0.1) is 64.7 Å². The molecule has 3 saturated heterocycles. The Balaban J connectivity index is 0.000000150.